The van der Waals surface area contributed by atoms with Crippen LogP contribution in [0.3, 0.4) is 0 Å². The molecule has 0 atom stereocenters. The van der Waals surface area contributed by atoms with Crippen molar-refractivity contribution in [3.8, 4) is 5.75 Å². The van der Waals surface area contributed by atoms with Gasteiger partial charge in [0.15, 0.2) is 6.29 Å². The highest BCUT2D eigenvalue weighted by Gasteiger charge is 2.08. The molecule has 0 N–H and O–H groups in total. The first-order valence-electron chi connectivity index (χ1n) is 6.48. The summed E-state index contributed by atoms with van der Waals surface area (Å²) in [4.78, 5) is 15.4. The van der Waals surface area contributed by atoms with Crippen molar-refractivity contribution in [3.05, 3.63) is 70.9 Å². The van der Waals surface area contributed by atoms with E-state index in [9.17, 15) is 4.79 Å². The highest BCUT2D eigenvalue weighted by atomic mass is 35.5. The topological polar surface area (TPSA) is 39.2 Å². The van der Waals surface area contributed by atoms with Crippen LogP contribution in [0.1, 0.15) is 15.9 Å². The first kappa shape index (κ1) is 13.6. The Labute approximate surface area is 127 Å². The van der Waals surface area contributed by atoms with E-state index in [0.29, 0.717) is 29.2 Å². The molecular formula is C17H12ClNO2. The second-order valence-electron chi connectivity index (χ2n) is 4.55. The van der Waals surface area contributed by atoms with E-state index < -0.39 is 0 Å². The Balaban J connectivity index is 1.91. The standard InChI is InChI=1S/C17H12ClNO2/c18-15-5-3-7-17(14(15)10-20)21-11-12-8-9-19-16-6-2-1-4-13(12)16/h1-10H,11H2. The number of hydrogen-bond acceptors (Lipinski definition) is 3. The number of aromatic nitrogens is 1. The third kappa shape index (κ3) is 2.73. The highest BCUT2D eigenvalue weighted by Crippen LogP contribution is 2.26. The Hall–Kier alpha value is -2.39. The zero-order chi connectivity index (χ0) is 14.7. The normalized spacial score (nSPS) is 10.5. The van der Waals surface area contributed by atoms with Gasteiger partial charge in [0.05, 0.1) is 16.1 Å². The number of fused-ring (bicyclic) bond motifs is 1. The number of hydrogen-bond donors (Lipinski definition) is 0. The van der Waals surface area contributed by atoms with Crippen molar-refractivity contribution in [1.82, 2.24) is 4.98 Å². The summed E-state index contributed by atoms with van der Waals surface area (Å²) < 4.78 is 5.76. The maximum absolute atomic E-state index is 11.1. The molecule has 0 radical (unpaired) electrons. The molecule has 0 saturated heterocycles. The van der Waals surface area contributed by atoms with Gasteiger partial charge >= 0.3 is 0 Å². The van der Waals surface area contributed by atoms with Crippen LogP contribution in [0.5, 0.6) is 5.75 Å². The van der Waals surface area contributed by atoms with Crippen molar-refractivity contribution in [3.63, 3.8) is 0 Å². The predicted molar refractivity (Wildman–Crippen MR) is 82.9 cm³/mol. The fourth-order valence-corrected chi connectivity index (χ4v) is 2.40. The third-order valence-electron chi connectivity index (χ3n) is 3.25. The van der Waals surface area contributed by atoms with Crippen LogP contribution in [0.15, 0.2) is 54.7 Å². The molecule has 0 saturated carbocycles. The highest BCUT2D eigenvalue weighted by molar-refractivity contribution is 6.33. The number of carbonyl (C=O) groups is 1. The van der Waals surface area contributed by atoms with Crippen LogP contribution in [0.4, 0.5) is 0 Å². The van der Waals surface area contributed by atoms with Gasteiger partial charge < -0.3 is 4.74 Å². The number of rotatable bonds is 4. The van der Waals surface area contributed by atoms with Crippen LogP contribution in [0, 0.1) is 0 Å². The molecule has 0 fully saturated rings. The zero-order valence-electron chi connectivity index (χ0n) is 11.1. The van der Waals surface area contributed by atoms with Gasteiger partial charge in [-0.1, -0.05) is 35.9 Å². The average Bonchev–Trinajstić information content (AvgIpc) is 2.53. The summed E-state index contributed by atoms with van der Waals surface area (Å²) in [6.07, 6.45) is 2.46. The van der Waals surface area contributed by atoms with Gasteiger partial charge in [-0.15, -0.1) is 0 Å². The van der Waals surface area contributed by atoms with Gasteiger partial charge in [-0.25, -0.2) is 0 Å². The summed E-state index contributed by atoms with van der Waals surface area (Å²) in [5, 5.41) is 1.43. The summed E-state index contributed by atoms with van der Waals surface area (Å²) in [7, 11) is 0. The molecule has 0 aliphatic heterocycles. The SMILES string of the molecule is O=Cc1c(Cl)cccc1OCc1ccnc2ccccc12. The predicted octanol–water partition coefficient (Wildman–Crippen LogP) is 4.28. The Morgan fingerprint density at radius 1 is 1.10 bits per heavy atom. The molecule has 0 aliphatic rings. The van der Waals surface area contributed by atoms with E-state index >= 15 is 0 Å². The van der Waals surface area contributed by atoms with Gasteiger partial charge in [0, 0.05) is 17.1 Å². The van der Waals surface area contributed by atoms with Gasteiger partial charge in [0.1, 0.15) is 12.4 Å². The molecule has 0 bridgehead atoms. The van der Waals surface area contributed by atoms with E-state index in [4.69, 9.17) is 16.3 Å². The molecule has 1 heterocycles. The molecule has 0 spiro atoms. The van der Waals surface area contributed by atoms with Crippen molar-refractivity contribution >= 4 is 28.8 Å². The van der Waals surface area contributed by atoms with Gasteiger partial charge in [-0.3, -0.25) is 9.78 Å². The number of carbonyl (C=O) groups excluding carboxylic acids is 1. The number of para-hydroxylation sites is 1. The molecule has 21 heavy (non-hydrogen) atoms. The number of benzene rings is 2. The molecule has 3 aromatic rings. The summed E-state index contributed by atoms with van der Waals surface area (Å²) >= 11 is 5.99. The minimum absolute atomic E-state index is 0.351. The fraction of sp³-hybridized carbons (Fsp3) is 0.0588. The summed E-state index contributed by atoms with van der Waals surface area (Å²) in [5.41, 5.74) is 2.30. The lowest BCUT2D eigenvalue weighted by atomic mass is 10.1. The number of halogens is 1. The molecule has 1 aromatic heterocycles. The fourth-order valence-electron chi connectivity index (χ4n) is 2.19. The molecule has 0 amide bonds. The Bertz CT molecular complexity index is 796. The number of aldehydes is 1. The van der Waals surface area contributed by atoms with Crippen LogP contribution in [-0.4, -0.2) is 11.3 Å². The van der Waals surface area contributed by atoms with E-state index in [1.165, 1.54) is 0 Å². The molecule has 2 aromatic carbocycles. The molecular weight excluding hydrogens is 286 g/mol. The van der Waals surface area contributed by atoms with E-state index in [-0.39, 0.29) is 0 Å². The summed E-state index contributed by atoms with van der Waals surface area (Å²) in [5.74, 6) is 0.485. The van der Waals surface area contributed by atoms with Gasteiger partial charge in [0.25, 0.3) is 0 Å². The number of pyridine rings is 1. The maximum Gasteiger partial charge on any atom is 0.155 e. The lowest BCUT2D eigenvalue weighted by Crippen LogP contribution is -2.00. The van der Waals surface area contributed by atoms with E-state index in [2.05, 4.69) is 4.98 Å². The molecule has 3 nitrogen and oxygen atoms in total. The largest absolute Gasteiger partial charge is 0.488 e. The quantitative estimate of drug-likeness (QED) is 0.675. The number of ether oxygens (including phenoxy) is 1. The minimum atomic E-state index is 0.351. The summed E-state index contributed by atoms with van der Waals surface area (Å²) in [6, 6.07) is 14.9. The molecule has 4 heteroatoms. The lowest BCUT2D eigenvalue weighted by molar-refractivity contribution is 0.111. The average molecular weight is 298 g/mol. The van der Waals surface area contributed by atoms with Crippen LogP contribution in [-0.2, 0) is 6.61 Å². The second kappa shape index (κ2) is 5.94. The number of nitrogens with zero attached hydrogens (tertiary/aromatic N) is 1. The van der Waals surface area contributed by atoms with E-state index in [0.717, 1.165) is 16.5 Å². The lowest BCUT2D eigenvalue weighted by Gasteiger charge is -2.11. The molecule has 104 valence electrons. The van der Waals surface area contributed by atoms with Crippen molar-refractivity contribution < 1.29 is 9.53 Å². The van der Waals surface area contributed by atoms with Gasteiger partial charge in [-0.05, 0) is 24.3 Å². The van der Waals surface area contributed by atoms with Crippen LogP contribution >= 0.6 is 11.6 Å². The summed E-state index contributed by atoms with van der Waals surface area (Å²) in [6.45, 7) is 0.351. The first-order chi connectivity index (χ1) is 10.3. The third-order valence-corrected chi connectivity index (χ3v) is 3.58. The van der Waals surface area contributed by atoms with Crippen LogP contribution < -0.4 is 4.74 Å². The minimum Gasteiger partial charge on any atom is -0.488 e. The Morgan fingerprint density at radius 2 is 1.95 bits per heavy atom. The van der Waals surface area contributed by atoms with Crippen LogP contribution in [0.2, 0.25) is 5.02 Å². The zero-order valence-corrected chi connectivity index (χ0v) is 11.9. The Kier molecular flexibility index (Phi) is 3.84. The Morgan fingerprint density at radius 3 is 2.81 bits per heavy atom. The van der Waals surface area contributed by atoms with E-state index in [1.807, 2.05) is 30.3 Å². The molecule has 0 unspecified atom stereocenters. The second-order valence-corrected chi connectivity index (χ2v) is 4.95. The maximum atomic E-state index is 11.1. The van der Waals surface area contributed by atoms with Crippen molar-refractivity contribution in [2.45, 2.75) is 6.61 Å². The van der Waals surface area contributed by atoms with Crippen LogP contribution in [0.25, 0.3) is 10.9 Å². The van der Waals surface area contributed by atoms with Gasteiger partial charge in [0.2, 0.25) is 0 Å². The molecule has 0 aliphatic carbocycles. The first-order valence-corrected chi connectivity index (χ1v) is 6.86. The molecule has 3 rings (SSSR count). The monoisotopic (exact) mass is 297 g/mol. The van der Waals surface area contributed by atoms with E-state index in [1.54, 1.807) is 24.4 Å². The van der Waals surface area contributed by atoms with Crippen molar-refractivity contribution in [2.75, 3.05) is 0 Å². The van der Waals surface area contributed by atoms with Gasteiger partial charge in [-0.2, -0.15) is 0 Å². The van der Waals surface area contributed by atoms with Crippen molar-refractivity contribution in [1.29, 1.82) is 0 Å². The van der Waals surface area contributed by atoms with Crippen molar-refractivity contribution in [2.24, 2.45) is 0 Å². The smallest absolute Gasteiger partial charge is 0.155 e.